The highest BCUT2D eigenvalue weighted by atomic mass is 16.2. The third-order valence-corrected chi connectivity index (χ3v) is 4.97. The Morgan fingerprint density at radius 1 is 1.04 bits per heavy atom. The van der Waals surface area contributed by atoms with Gasteiger partial charge in [-0.05, 0) is 42.7 Å². The zero-order valence-electron chi connectivity index (χ0n) is 14.9. The molecule has 4 rings (SSSR count). The molecule has 1 aliphatic rings. The number of fused-ring (bicyclic) bond motifs is 1. The van der Waals surface area contributed by atoms with E-state index in [0.29, 0.717) is 6.42 Å². The van der Waals surface area contributed by atoms with Crippen LogP contribution >= 0.6 is 0 Å². The molecular formula is C21H24N4O. The quantitative estimate of drug-likeness (QED) is 0.696. The second-order valence-electron chi connectivity index (χ2n) is 6.78. The molecule has 5 nitrogen and oxygen atoms in total. The van der Waals surface area contributed by atoms with Crippen LogP contribution in [0.25, 0.3) is 16.7 Å². The maximum absolute atomic E-state index is 12.0. The lowest BCUT2D eigenvalue weighted by Gasteiger charge is -2.15. The fraction of sp³-hybridized carbons (Fsp3) is 0.333. The molecule has 0 bridgehead atoms. The van der Waals surface area contributed by atoms with E-state index >= 15 is 0 Å². The van der Waals surface area contributed by atoms with Crippen LogP contribution in [0.4, 0.5) is 0 Å². The molecule has 0 aliphatic carbocycles. The number of carbonyl (C=O) groups excluding carboxylic acids is 1. The van der Waals surface area contributed by atoms with E-state index in [1.165, 1.54) is 5.56 Å². The van der Waals surface area contributed by atoms with Crippen molar-refractivity contribution < 1.29 is 4.79 Å². The van der Waals surface area contributed by atoms with Gasteiger partial charge in [-0.2, -0.15) is 0 Å². The summed E-state index contributed by atoms with van der Waals surface area (Å²) in [7, 11) is 0. The maximum atomic E-state index is 12.0. The molecule has 2 heterocycles. The van der Waals surface area contributed by atoms with E-state index in [1.807, 2.05) is 29.4 Å². The van der Waals surface area contributed by atoms with Crippen LogP contribution in [0, 0.1) is 0 Å². The van der Waals surface area contributed by atoms with Gasteiger partial charge in [0.25, 0.3) is 0 Å². The fourth-order valence-corrected chi connectivity index (χ4v) is 3.49. The first-order valence-corrected chi connectivity index (χ1v) is 9.31. The predicted molar refractivity (Wildman–Crippen MR) is 103 cm³/mol. The summed E-state index contributed by atoms with van der Waals surface area (Å²) in [6, 6.07) is 16.6. The minimum absolute atomic E-state index is 0.275. The van der Waals surface area contributed by atoms with Gasteiger partial charge in [-0.25, -0.2) is 4.98 Å². The van der Waals surface area contributed by atoms with Crippen LogP contribution in [-0.4, -0.2) is 40.0 Å². The Hall–Kier alpha value is -2.66. The summed E-state index contributed by atoms with van der Waals surface area (Å²) in [6.07, 6.45) is 4.75. The van der Waals surface area contributed by atoms with Crippen molar-refractivity contribution in [3.8, 4) is 5.69 Å². The third-order valence-electron chi connectivity index (χ3n) is 4.97. The van der Waals surface area contributed by atoms with E-state index in [-0.39, 0.29) is 5.91 Å². The SMILES string of the molecule is O=C(CCNCc1ccc(-n2cnc3ccccc32)cc1)N1CCCC1. The maximum Gasteiger partial charge on any atom is 0.223 e. The Labute approximate surface area is 153 Å². The summed E-state index contributed by atoms with van der Waals surface area (Å²) in [6.45, 7) is 3.37. The lowest BCUT2D eigenvalue weighted by Crippen LogP contribution is -2.30. The molecule has 1 amide bonds. The molecule has 26 heavy (non-hydrogen) atoms. The van der Waals surface area contributed by atoms with Gasteiger partial charge in [0.2, 0.25) is 5.91 Å². The third kappa shape index (κ3) is 3.63. The van der Waals surface area contributed by atoms with Crippen molar-refractivity contribution in [3.63, 3.8) is 0 Å². The van der Waals surface area contributed by atoms with E-state index in [9.17, 15) is 4.79 Å². The summed E-state index contributed by atoms with van der Waals surface area (Å²) in [5, 5.41) is 3.37. The highest BCUT2D eigenvalue weighted by Gasteiger charge is 2.16. The summed E-state index contributed by atoms with van der Waals surface area (Å²) in [5.74, 6) is 0.275. The molecule has 134 valence electrons. The largest absolute Gasteiger partial charge is 0.343 e. The van der Waals surface area contributed by atoms with Gasteiger partial charge in [-0.15, -0.1) is 0 Å². The molecule has 1 N–H and O–H groups in total. The van der Waals surface area contributed by atoms with Crippen LogP contribution in [0.3, 0.4) is 0 Å². The van der Waals surface area contributed by atoms with Crippen molar-refractivity contribution >= 4 is 16.9 Å². The molecular weight excluding hydrogens is 324 g/mol. The van der Waals surface area contributed by atoms with E-state index < -0.39 is 0 Å². The zero-order valence-corrected chi connectivity index (χ0v) is 14.9. The van der Waals surface area contributed by atoms with Gasteiger partial charge in [-0.3, -0.25) is 9.36 Å². The van der Waals surface area contributed by atoms with Gasteiger partial charge >= 0.3 is 0 Å². The Balaban J connectivity index is 1.31. The molecule has 1 aromatic heterocycles. The van der Waals surface area contributed by atoms with Gasteiger partial charge in [-0.1, -0.05) is 24.3 Å². The number of imidazole rings is 1. The molecule has 3 aromatic rings. The van der Waals surface area contributed by atoms with Crippen LogP contribution < -0.4 is 5.32 Å². The number of hydrogen-bond donors (Lipinski definition) is 1. The monoisotopic (exact) mass is 348 g/mol. The lowest BCUT2D eigenvalue weighted by molar-refractivity contribution is -0.130. The number of benzene rings is 2. The molecule has 0 spiro atoms. The summed E-state index contributed by atoms with van der Waals surface area (Å²) < 4.78 is 2.10. The van der Waals surface area contributed by atoms with Gasteiger partial charge in [0, 0.05) is 38.3 Å². The topological polar surface area (TPSA) is 50.2 Å². The smallest absolute Gasteiger partial charge is 0.223 e. The number of nitrogens with zero attached hydrogens (tertiary/aromatic N) is 3. The summed E-state index contributed by atoms with van der Waals surface area (Å²) in [5.41, 5.74) is 4.43. The molecule has 0 radical (unpaired) electrons. The normalized spacial score (nSPS) is 14.2. The molecule has 0 atom stereocenters. The average molecular weight is 348 g/mol. The zero-order chi connectivity index (χ0) is 17.8. The van der Waals surface area contributed by atoms with E-state index in [1.54, 1.807) is 0 Å². The average Bonchev–Trinajstić information content (AvgIpc) is 3.35. The van der Waals surface area contributed by atoms with Crippen molar-refractivity contribution in [2.45, 2.75) is 25.8 Å². The van der Waals surface area contributed by atoms with E-state index in [0.717, 1.165) is 55.7 Å². The van der Waals surface area contributed by atoms with Crippen molar-refractivity contribution in [1.82, 2.24) is 19.8 Å². The first kappa shape index (κ1) is 16.8. The van der Waals surface area contributed by atoms with Gasteiger partial charge < -0.3 is 10.2 Å². The van der Waals surface area contributed by atoms with Crippen LogP contribution in [-0.2, 0) is 11.3 Å². The number of aromatic nitrogens is 2. The highest BCUT2D eigenvalue weighted by Crippen LogP contribution is 2.18. The number of rotatable bonds is 6. The van der Waals surface area contributed by atoms with Crippen LogP contribution in [0.1, 0.15) is 24.8 Å². The highest BCUT2D eigenvalue weighted by molar-refractivity contribution is 5.77. The molecule has 5 heteroatoms. The molecule has 1 saturated heterocycles. The van der Waals surface area contributed by atoms with Gasteiger partial charge in [0.1, 0.15) is 6.33 Å². The Kier molecular flexibility index (Phi) is 4.97. The molecule has 2 aromatic carbocycles. The van der Waals surface area contributed by atoms with Gasteiger partial charge in [0.15, 0.2) is 0 Å². The van der Waals surface area contributed by atoms with Gasteiger partial charge in [0.05, 0.1) is 11.0 Å². The first-order chi connectivity index (χ1) is 12.8. The lowest BCUT2D eigenvalue weighted by atomic mass is 10.2. The van der Waals surface area contributed by atoms with Crippen LogP contribution in [0.5, 0.6) is 0 Å². The number of hydrogen-bond acceptors (Lipinski definition) is 3. The van der Waals surface area contributed by atoms with Crippen LogP contribution in [0.15, 0.2) is 54.9 Å². The Morgan fingerprint density at radius 3 is 2.62 bits per heavy atom. The fourth-order valence-electron chi connectivity index (χ4n) is 3.49. The van der Waals surface area contributed by atoms with E-state index in [2.05, 4.69) is 45.2 Å². The molecule has 0 saturated carbocycles. The second kappa shape index (κ2) is 7.70. The summed E-state index contributed by atoms with van der Waals surface area (Å²) in [4.78, 5) is 18.4. The van der Waals surface area contributed by atoms with Crippen molar-refractivity contribution in [3.05, 3.63) is 60.4 Å². The van der Waals surface area contributed by atoms with Crippen molar-refractivity contribution in [1.29, 1.82) is 0 Å². The van der Waals surface area contributed by atoms with Crippen LogP contribution in [0.2, 0.25) is 0 Å². The Bertz CT molecular complexity index is 878. The van der Waals surface area contributed by atoms with Crippen molar-refractivity contribution in [2.24, 2.45) is 0 Å². The Morgan fingerprint density at radius 2 is 1.81 bits per heavy atom. The number of nitrogens with one attached hydrogen (secondary N) is 1. The number of likely N-dealkylation sites (tertiary alicyclic amines) is 1. The van der Waals surface area contributed by atoms with E-state index in [4.69, 9.17) is 0 Å². The van der Waals surface area contributed by atoms with Crippen molar-refractivity contribution in [2.75, 3.05) is 19.6 Å². The second-order valence-corrected chi connectivity index (χ2v) is 6.78. The first-order valence-electron chi connectivity index (χ1n) is 9.31. The summed E-state index contributed by atoms with van der Waals surface area (Å²) >= 11 is 0. The standard InChI is InChI=1S/C21H24N4O/c26-21(24-13-3-4-14-24)11-12-22-15-17-7-9-18(10-8-17)25-16-23-19-5-1-2-6-20(19)25/h1-2,5-10,16,22H,3-4,11-15H2. The minimum atomic E-state index is 0.275. The molecule has 0 unspecified atom stereocenters. The molecule has 1 fully saturated rings. The number of carbonyl (C=O) groups is 1. The predicted octanol–water partition coefficient (Wildman–Crippen LogP) is 3.13. The molecule has 1 aliphatic heterocycles. The minimum Gasteiger partial charge on any atom is -0.343 e. The number of para-hydroxylation sites is 2. The number of amides is 1.